The van der Waals surface area contributed by atoms with Crippen LogP contribution in [0.4, 0.5) is 0 Å². The second-order valence-corrected chi connectivity index (χ2v) is 4.94. The second kappa shape index (κ2) is 6.84. The summed E-state index contributed by atoms with van der Waals surface area (Å²) in [5.74, 6) is 0.248. The standard InChI is InChI=1S/C14H23N3O2/c1-3-17-6-7-19-12(10-17)8-15-9-13-14(18)5-4-11(2)16-13/h4-5,12,15,18H,3,6-10H2,1-2H3. The minimum absolute atomic E-state index is 0.223. The van der Waals surface area contributed by atoms with Crippen LogP contribution in [-0.2, 0) is 11.3 Å². The Morgan fingerprint density at radius 2 is 2.37 bits per heavy atom. The largest absolute Gasteiger partial charge is 0.506 e. The van der Waals surface area contributed by atoms with E-state index in [9.17, 15) is 5.11 Å². The van der Waals surface area contributed by atoms with Crippen molar-refractivity contribution in [2.45, 2.75) is 26.5 Å². The van der Waals surface area contributed by atoms with Crippen molar-refractivity contribution in [1.82, 2.24) is 15.2 Å². The van der Waals surface area contributed by atoms with Gasteiger partial charge in [-0.1, -0.05) is 6.92 Å². The summed E-state index contributed by atoms with van der Waals surface area (Å²) in [6.07, 6.45) is 0.223. The molecule has 1 aliphatic rings. The summed E-state index contributed by atoms with van der Waals surface area (Å²) in [6, 6.07) is 3.50. The number of aryl methyl sites for hydroxylation is 1. The lowest BCUT2D eigenvalue weighted by atomic mass is 10.2. The molecule has 1 aromatic heterocycles. The molecule has 0 radical (unpaired) electrons. The third-order valence-corrected chi connectivity index (χ3v) is 3.42. The zero-order valence-corrected chi connectivity index (χ0v) is 11.7. The van der Waals surface area contributed by atoms with E-state index in [1.807, 2.05) is 13.0 Å². The maximum absolute atomic E-state index is 9.71. The molecule has 0 saturated carbocycles. The van der Waals surface area contributed by atoms with E-state index in [2.05, 4.69) is 22.1 Å². The van der Waals surface area contributed by atoms with Crippen molar-refractivity contribution >= 4 is 0 Å². The zero-order valence-electron chi connectivity index (χ0n) is 11.7. The summed E-state index contributed by atoms with van der Waals surface area (Å²) in [4.78, 5) is 6.71. The molecular weight excluding hydrogens is 242 g/mol. The van der Waals surface area contributed by atoms with Crippen LogP contribution >= 0.6 is 0 Å². The summed E-state index contributed by atoms with van der Waals surface area (Å²) < 4.78 is 5.71. The third-order valence-electron chi connectivity index (χ3n) is 3.42. The fourth-order valence-corrected chi connectivity index (χ4v) is 2.28. The number of nitrogens with one attached hydrogen (secondary N) is 1. The van der Waals surface area contributed by atoms with Crippen molar-refractivity contribution < 1.29 is 9.84 Å². The number of aromatic hydroxyl groups is 1. The molecule has 2 rings (SSSR count). The first-order valence-corrected chi connectivity index (χ1v) is 6.89. The van der Waals surface area contributed by atoms with E-state index < -0.39 is 0 Å². The van der Waals surface area contributed by atoms with E-state index in [0.717, 1.165) is 38.5 Å². The van der Waals surface area contributed by atoms with Crippen molar-refractivity contribution in [2.75, 3.05) is 32.8 Å². The average molecular weight is 265 g/mol. The Morgan fingerprint density at radius 3 is 3.16 bits per heavy atom. The van der Waals surface area contributed by atoms with E-state index in [1.54, 1.807) is 6.07 Å². The molecule has 1 aromatic rings. The number of rotatable bonds is 5. The summed E-state index contributed by atoms with van der Waals surface area (Å²) in [5, 5.41) is 13.0. The normalized spacial score (nSPS) is 20.6. The van der Waals surface area contributed by atoms with Crippen molar-refractivity contribution in [3.05, 3.63) is 23.5 Å². The minimum atomic E-state index is 0.223. The first-order valence-electron chi connectivity index (χ1n) is 6.89. The first kappa shape index (κ1) is 14.2. The molecule has 0 aliphatic carbocycles. The van der Waals surface area contributed by atoms with Crippen LogP contribution in [0.15, 0.2) is 12.1 Å². The molecule has 0 amide bonds. The van der Waals surface area contributed by atoms with E-state index in [0.29, 0.717) is 12.2 Å². The monoisotopic (exact) mass is 265 g/mol. The number of morpholine rings is 1. The van der Waals surface area contributed by atoms with Gasteiger partial charge in [-0.3, -0.25) is 9.88 Å². The predicted octanol–water partition coefficient (Wildman–Crippen LogP) is 0.906. The van der Waals surface area contributed by atoms with E-state index in [-0.39, 0.29) is 11.9 Å². The quantitative estimate of drug-likeness (QED) is 0.828. The van der Waals surface area contributed by atoms with Gasteiger partial charge in [0.15, 0.2) is 0 Å². The molecule has 0 aromatic carbocycles. The molecule has 1 atom stereocenters. The Labute approximate surface area is 114 Å². The Morgan fingerprint density at radius 1 is 1.53 bits per heavy atom. The Balaban J connectivity index is 1.78. The molecule has 1 saturated heterocycles. The molecule has 2 N–H and O–H groups in total. The third kappa shape index (κ3) is 4.16. The van der Waals surface area contributed by atoms with E-state index >= 15 is 0 Å². The molecular formula is C14H23N3O2. The number of ether oxygens (including phenoxy) is 1. The van der Waals surface area contributed by atoms with Gasteiger partial charge in [0.05, 0.1) is 18.4 Å². The fourth-order valence-electron chi connectivity index (χ4n) is 2.28. The Hall–Kier alpha value is -1.17. The van der Waals surface area contributed by atoms with Gasteiger partial charge in [-0.05, 0) is 25.6 Å². The van der Waals surface area contributed by atoms with Gasteiger partial charge in [0.25, 0.3) is 0 Å². The molecule has 0 spiro atoms. The van der Waals surface area contributed by atoms with Crippen LogP contribution in [-0.4, -0.2) is 53.9 Å². The van der Waals surface area contributed by atoms with Gasteiger partial charge >= 0.3 is 0 Å². The van der Waals surface area contributed by atoms with Gasteiger partial charge in [0.1, 0.15) is 5.75 Å². The highest BCUT2D eigenvalue weighted by Crippen LogP contribution is 2.14. The minimum Gasteiger partial charge on any atom is -0.506 e. The summed E-state index contributed by atoms with van der Waals surface area (Å²) >= 11 is 0. The average Bonchev–Trinajstić information content (AvgIpc) is 2.43. The lowest BCUT2D eigenvalue weighted by molar-refractivity contribution is -0.0254. The number of nitrogens with zero attached hydrogens (tertiary/aromatic N) is 2. The number of hydrogen-bond acceptors (Lipinski definition) is 5. The first-order chi connectivity index (χ1) is 9.19. The molecule has 5 nitrogen and oxygen atoms in total. The molecule has 2 heterocycles. The van der Waals surface area contributed by atoms with Crippen LogP contribution in [0.2, 0.25) is 0 Å². The predicted molar refractivity (Wildman–Crippen MR) is 74.2 cm³/mol. The highest BCUT2D eigenvalue weighted by molar-refractivity contribution is 5.27. The molecule has 0 bridgehead atoms. The van der Waals surface area contributed by atoms with E-state index in [4.69, 9.17) is 4.74 Å². The zero-order chi connectivity index (χ0) is 13.7. The highest BCUT2D eigenvalue weighted by atomic mass is 16.5. The topological polar surface area (TPSA) is 57.6 Å². The maximum atomic E-state index is 9.71. The molecule has 5 heteroatoms. The van der Waals surface area contributed by atoms with Crippen LogP contribution < -0.4 is 5.32 Å². The Bertz CT molecular complexity index is 412. The van der Waals surface area contributed by atoms with Crippen LogP contribution in [0.3, 0.4) is 0 Å². The molecule has 1 aliphatic heterocycles. The number of hydrogen-bond donors (Lipinski definition) is 2. The van der Waals surface area contributed by atoms with Crippen LogP contribution in [0.1, 0.15) is 18.3 Å². The molecule has 19 heavy (non-hydrogen) atoms. The second-order valence-electron chi connectivity index (χ2n) is 4.94. The van der Waals surface area contributed by atoms with Gasteiger partial charge in [-0.15, -0.1) is 0 Å². The van der Waals surface area contributed by atoms with Crippen molar-refractivity contribution in [3.63, 3.8) is 0 Å². The molecule has 106 valence electrons. The van der Waals surface area contributed by atoms with E-state index in [1.165, 1.54) is 0 Å². The summed E-state index contributed by atoms with van der Waals surface area (Å²) in [5.41, 5.74) is 1.61. The van der Waals surface area contributed by atoms with Crippen molar-refractivity contribution in [2.24, 2.45) is 0 Å². The van der Waals surface area contributed by atoms with Crippen molar-refractivity contribution in [3.8, 4) is 5.75 Å². The van der Waals surface area contributed by atoms with Gasteiger partial charge in [-0.25, -0.2) is 0 Å². The maximum Gasteiger partial charge on any atom is 0.138 e. The van der Waals surface area contributed by atoms with Gasteiger partial charge in [-0.2, -0.15) is 0 Å². The highest BCUT2D eigenvalue weighted by Gasteiger charge is 2.18. The fraction of sp³-hybridized carbons (Fsp3) is 0.643. The van der Waals surface area contributed by atoms with Crippen LogP contribution in [0.5, 0.6) is 5.75 Å². The summed E-state index contributed by atoms with van der Waals surface area (Å²) in [7, 11) is 0. The van der Waals surface area contributed by atoms with Gasteiger partial charge < -0.3 is 15.2 Å². The lowest BCUT2D eigenvalue weighted by Gasteiger charge is -2.32. The number of aromatic nitrogens is 1. The smallest absolute Gasteiger partial charge is 0.138 e. The molecule has 1 unspecified atom stereocenters. The van der Waals surface area contributed by atoms with Gasteiger partial charge in [0.2, 0.25) is 0 Å². The summed E-state index contributed by atoms with van der Waals surface area (Å²) in [6.45, 7) is 9.31. The SMILES string of the molecule is CCN1CCOC(CNCc2nc(C)ccc2O)C1. The number of pyridine rings is 1. The lowest BCUT2D eigenvalue weighted by Crippen LogP contribution is -2.46. The van der Waals surface area contributed by atoms with Crippen molar-refractivity contribution in [1.29, 1.82) is 0 Å². The number of likely N-dealkylation sites (N-methyl/N-ethyl adjacent to an activating group) is 1. The van der Waals surface area contributed by atoms with Crippen LogP contribution in [0.25, 0.3) is 0 Å². The van der Waals surface area contributed by atoms with Crippen LogP contribution in [0, 0.1) is 6.92 Å². The Kier molecular flexibility index (Phi) is 5.13. The molecule has 1 fully saturated rings. The van der Waals surface area contributed by atoms with Gasteiger partial charge in [0, 0.05) is 31.9 Å².